The second-order valence-electron chi connectivity index (χ2n) is 6.06. The zero-order chi connectivity index (χ0) is 15.5. The third kappa shape index (κ3) is 3.68. The van der Waals surface area contributed by atoms with Crippen molar-refractivity contribution in [1.29, 1.82) is 0 Å². The van der Waals surface area contributed by atoms with Gasteiger partial charge in [-0.2, -0.15) is 4.98 Å². The van der Waals surface area contributed by atoms with Gasteiger partial charge in [-0.3, -0.25) is 0 Å². The zero-order valence-corrected chi connectivity index (χ0v) is 13.1. The van der Waals surface area contributed by atoms with E-state index in [1.54, 1.807) is 0 Å². The number of nitrogens with two attached hydrogens (primary N) is 1. The number of aromatic nitrogens is 2. The highest BCUT2D eigenvalue weighted by Crippen LogP contribution is 2.35. The molecule has 0 bridgehead atoms. The zero-order valence-electron chi connectivity index (χ0n) is 13.1. The molecule has 2 aromatic rings. The van der Waals surface area contributed by atoms with E-state index in [-0.39, 0.29) is 11.5 Å². The summed E-state index contributed by atoms with van der Waals surface area (Å²) in [6.07, 6.45) is -0.197. The molecule has 1 aromatic heterocycles. The lowest BCUT2D eigenvalue weighted by Crippen LogP contribution is -2.22. The van der Waals surface area contributed by atoms with Gasteiger partial charge in [-0.1, -0.05) is 38.1 Å². The molecule has 0 aliphatic heterocycles. The van der Waals surface area contributed by atoms with E-state index in [0.29, 0.717) is 24.9 Å². The fourth-order valence-corrected chi connectivity index (χ4v) is 2.17. The predicted octanol–water partition coefficient (Wildman–Crippen LogP) is 3.32. The Hall–Kier alpha value is -1.72. The summed E-state index contributed by atoms with van der Waals surface area (Å²) < 4.78 is 11.2. The van der Waals surface area contributed by atoms with Crippen LogP contribution in [0.1, 0.15) is 45.2 Å². The van der Waals surface area contributed by atoms with Crippen molar-refractivity contribution in [2.24, 2.45) is 11.1 Å². The van der Waals surface area contributed by atoms with E-state index >= 15 is 0 Å². The summed E-state index contributed by atoms with van der Waals surface area (Å²) in [4.78, 5) is 4.50. The Morgan fingerprint density at radius 1 is 1.33 bits per heavy atom. The highest BCUT2D eigenvalue weighted by Gasteiger charge is 2.31. The molecule has 0 saturated heterocycles. The molecule has 1 heterocycles. The van der Waals surface area contributed by atoms with Gasteiger partial charge in [0.1, 0.15) is 6.10 Å². The first kappa shape index (κ1) is 15.7. The molecule has 1 atom stereocenters. The van der Waals surface area contributed by atoms with Gasteiger partial charge in [0.25, 0.3) is 5.89 Å². The van der Waals surface area contributed by atoms with Crippen LogP contribution in [0, 0.1) is 5.41 Å². The summed E-state index contributed by atoms with van der Waals surface area (Å²) in [7, 11) is 0. The van der Waals surface area contributed by atoms with E-state index in [4.69, 9.17) is 15.0 Å². The van der Waals surface area contributed by atoms with Gasteiger partial charge in [0.15, 0.2) is 0 Å². The molecule has 0 aliphatic rings. The molecule has 1 aromatic carbocycles. The monoisotopic (exact) mass is 289 g/mol. The number of hydrogen-bond donors (Lipinski definition) is 1. The second-order valence-corrected chi connectivity index (χ2v) is 6.06. The van der Waals surface area contributed by atoms with Gasteiger partial charge in [-0.05, 0) is 30.0 Å². The second kappa shape index (κ2) is 6.37. The van der Waals surface area contributed by atoms with Crippen molar-refractivity contribution in [2.45, 2.75) is 40.3 Å². The first-order chi connectivity index (χ1) is 9.95. The molecule has 114 valence electrons. The van der Waals surface area contributed by atoms with Crippen LogP contribution in [0.3, 0.4) is 0 Å². The molecule has 0 fully saturated rings. The number of hydrogen-bond acceptors (Lipinski definition) is 5. The number of nitrogens with zero attached hydrogens (tertiary/aromatic N) is 2. The lowest BCUT2D eigenvalue weighted by Gasteiger charge is -2.27. The minimum atomic E-state index is -0.197. The molecule has 5 nitrogen and oxygen atoms in total. The van der Waals surface area contributed by atoms with Crippen LogP contribution in [0.15, 0.2) is 28.8 Å². The highest BCUT2D eigenvalue weighted by atomic mass is 16.5. The van der Waals surface area contributed by atoms with E-state index in [9.17, 15) is 0 Å². The summed E-state index contributed by atoms with van der Waals surface area (Å²) in [5.74, 6) is 1.08. The van der Waals surface area contributed by atoms with Crippen LogP contribution in [0.4, 0.5) is 0 Å². The molecule has 21 heavy (non-hydrogen) atoms. The van der Waals surface area contributed by atoms with E-state index in [0.717, 1.165) is 11.1 Å². The SMILES string of the molecule is CCOC(c1noc(-c2cccc(CN)c2)n1)C(C)(C)C. The number of ether oxygens (including phenoxy) is 1. The van der Waals surface area contributed by atoms with Gasteiger partial charge < -0.3 is 15.0 Å². The number of benzene rings is 1. The molecule has 0 amide bonds. The lowest BCUT2D eigenvalue weighted by atomic mass is 9.88. The van der Waals surface area contributed by atoms with Crippen LogP contribution in [0.5, 0.6) is 0 Å². The van der Waals surface area contributed by atoms with Gasteiger partial charge in [0, 0.05) is 18.7 Å². The van der Waals surface area contributed by atoms with E-state index in [1.165, 1.54) is 0 Å². The number of rotatable bonds is 5. The normalized spacial score (nSPS) is 13.4. The van der Waals surface area contributed by atoms with Gasteiger partial charge in [-0.25, -0.2) is 0 Å². The molecule has 0 spiro atoms. The van der Waals surface area contributed by atoms with Crippen molar-refractivity contribution in [3.63, 3.8) is 0 Å². The third-order valence-electron chi connectivity index (χ3n) is 3.21. The Kier molecular flexibility index (Phi) is 4.75. The first-order valence-electron chi connectivity index (χ1n) is 7.20. The maximum atomic E-state index is 5.78. The predicted molar refractivity (Wildman–Crippen MR) is 81.4 cm³/mol. The molecular weight excluding hydrogens is 266 g/mol. The molecule has 0 saturated carbocycles. The van der Waals surface area contributed by atoms with Gasteiger partial charge in [0.2, 0.25) is 5.82 Å². The Labute approximate surface area is 125 Å². The van der Waals surface area contributed by atoms with Crippen LogP contribution in [-0.4, -0.2) is 16.7 Å². The van der Waals surface area contributed by atoms with Crippen LogP contribution < -0.4 is 5.73 Å². The van der Waals surface area contributed by atoms with E-state index in [2.05, 4.69) is 30.9 Å². The molecule has 2 N–H and O–H groups in total. The molecule has 0 aliphatic carbocycles. The Morgan fingerprint density at radius 3 is 2.71 bits per heavy atom. The van der Waals surface area contributed by atoms with Crippen LogP contribution in [-0.2, 0) is 11.3 Å². The molecular formula is C16H23N3O2. The van der Waals surface area contributed by atoms with Crippen molar-refractivity contribution >= 4 is 0 Å². The van der Waals surface area contributed by atoms with Crippen molar-refractivity contribution < 1.29 is 9.26 Å². The Morgan fingerprint density at radius 2 is 2.10 bits per heavy atom. The summed E-state index contributed by atoms with van der Waals surface area (Å²) in [5, 5.41) is 4.09. The maximum Gasteiger partial charge on any atom is 0.258 e. The fraction of sp³-hybridized carbons (Fsp3) is 0.500. The van der Waals surface area contributed by atoms with Gasteiger partial charge in [-0.15, -0.1) is 0 Å². The minimum absolute atomic E-state index is 0.101. The largest absolute Gasteiger partial charge is 0.370 e. The topological polar surface area (TPSA) is 74.2 Å². The maximum absolute atomic E-state index is 5.78. The Balaban J connectivity index is 2.31. The highest BCUT2D eigenvalue weighted by molar-refractivity contribution is 5.54. The van der Waals surface area contributed by atoms with Crippen molar-refractivity contribution in [3.8, 4) is 11.5 Å². The van der Waals surface area contributed by atoms with Crippen LogP contribution in [0.2, 0.25) is 0 Å². The third-order valence-corrected chi connectivity index (χ3v) is 3.21. The smallest absolute Gasteiger partial charge is 0.258 e. The van der Waals surface area contributed by atoms with Crippen LogP contribution >= 0.6 is 0 Å². The molecule has 5 heteroatoms. The lowest BCUT2D eigenvalue weighted by molar-refractivity contribution is -0.0203. The molecule has 2 rings (SSSR count). The van der Waals surface area contributed by atoms with Gasteiger partial charge >= 0.3 is 0 Å². The average molecular weight is 289 g/mol. The summed E-state index contributed by atoms with van der Waals surface area (Å²) in [6.45, 7) is 9.34. The van der Waals surface area contributed by atoms with Crippen molar-refractivity contribution in [1.82, 2.24) is 10.1 Å². The van der Waals surface area contributed by atoms with Gasteiger partial charge in [0.05, 0.1) is 0 Å². The fourth-order valence-electron chi connectivity index (χ4n) is 2.17. The van der Waals surface area contributed by atoms with E-state index < -0.39 is 0 Å². The first-order valence-corrected chi connectivity index (χ1v) is 7.20. The quantitative estimate of drug-likeness (QED) is 0.914. The summed E-state index contributed by atoms with van der Waals surface area (Å²) in [5.41, 5.74) is 7.47. The average Bonchev–Trinajstić information content (AvgIpc) is 2.93. The molecule has 0 radical (unpaired) electrons. The standard InChI is InChI=1S/C16H23N3O2/c1-5-20-13(16(2,3)4)14-18-15(21-19-14)12-8-6-7-11(9-12)10-17/h6-9,13H,5,10,17H2,1-4H3. The van der Waals surface area contributed by atoms with Crippen molar-refractivity contribution in [3.05, 3.63) is 35.7 Å². The Bertz CT molecular complexity index is 587. The van der Waals surface area contributed by atoms with Crippen molar-refractivity contribution in [2.75, 3.05) is 6.61 Å². The van der Waals surface area contributed by atoms with Crippen LogP contribution in [0.25, 0.3) is 11.5 Å². The van der Waals surface area contributed by atoms with E-state index in [1.807, 2.05) is 31.2 Å². The summed E-state index contributed by atoms with van der Waals surface area (Å²) in [6, 6.07) is 7.80. The molecule has 1 unspecified atom stereocenters. The summed E-state index contributed by atoms with van der Waals surface area (Å²) >= 11 is 0. The minimum Gasteiger partial charge on any atom is -0.370 e.